The molecule has 0 aliphatic heterocycles. The predicted molar refractivity (Wildman–Crippen MR) is 87.6 cm³/mol. The smallest absolute Gasteiger partial charge is 0.240 e. The summed E-state index contributed by atoms with van der Waals surface area (Å²) in [5, 5.41) is 3.31. The van der Waals surface area contributed by atoms with Gasteiger partial charge in [0.15, 0.2) is 0 Å². The zero-order valence-corrected chi connectivity index (χ0v) is 14.5. The Morgan fingerprint density at radius 1 is 1.00 bits per heavy atom. The van der Waals surface area contributed by atoms with Crippen LogP contribution in [0.25, 0.3) is 0 Å². The van der Waals surface area contributed by atoms with Crippen molar-refractivity contribution in [2.24, 2.45) is 11.8 Å². The van der Waals surface area contributed by atoms with Gasteiger partial charge in [0.25, 0.3) is 0 Å². The molecule has 0 amide bonds. The third-order valence-corrected chi connectivity index (χ3v) is 5.12. The maximum Gasteiger partial charge on any atom is 0.240 e. The highest BCUT2D eigenvalue weighted by molar-refractivity contribution is 7.89. The van der Waals surface area contributed by atoms with Crippen LogP contribution in [0.3, 0.4) is 0 Å². The van der Waals surface area contributed by atoms with E-state index in [1.165, 1.54) is 0 Å². The first-order valence-electron chi connectivity index (χ1n) is 7.54. The first-order chi connectivity index (χ1) is 9.72. The van der Waals surface area contributed by atoms with E-state index >= 15 is 0 Å². The van der Waals surface area contributed by atoms with Gasteiger partial charge in [-0.25, -0.2) is 13.1 Å². The number of nitrogens with one attached hydrogen (secondary N) is 2. The average Bonchev–Trinajstić information content (AvgIpc) is 2.43. The summed E-state index contributed by atoms with van der Waals surface area (Å²) in [4.78, 5) is 0.326. The second-order valence-electron chi connectivity index (χ2n) is 6.25. The van der Waals surface area contributed by atoms with Crippen molar-refractivity contribution < 1.29 is 8.42 Å². The highest BCUT2D eigenvalue weighted by Crippen LogP contribution is 2.13. The van der Waals surface area contributed by atoms with Crippen molar-refractivity contribution in [2.45, 2.75) is 52.1 Å². The van der Waals surface area contributed by atoms with Crippen LogP contribution >= 0.6 is 0 Å². The van der Waals surface area contributed by atoms with Crippen LogP contribution in [0, 0.1) is 11.8 Å². The van der Waals surface area contributed by atoms with Gasteiger partial charge in [0, 0.05) is 19.1 Å². The standard InChI is InChI=1S/C16H28N2O2S/c1-12(2)14(5)10-18-21(19,20)16-8-6-15(7-9-16)11-17-13(3)4/h6-9,12-14,17-18H,10-11H2,1-5H3. The molecule has 21 heavy (non-hydrogen) atoms. The molecule has 1 aromatic rings. The molecule has 0 aromatic heterocycles. The van der Waals surface area contributed by atoms with E-state index in [2.05, 4.69) is 37.7 Å². The van der Waals surface area contributed by atoms with E-state index in [9.17, 15) is 8.42 Å². The van der Waals surface area contributed by atoms with Crippen molar-refractivity contribution in [3.05, 3.63) is 29.8 Å². The molecule has 1 rings (SSSR count). The summed E-state index contributed by atoms with van der Waals surface area (Å²) in [5.41, 5.74) is 1.08. The van der Waals surface area contributed by atoms with Crippen LogP contribution in [0.4, 0.5) is 0 Å². The Morgan fingerprint density at radius 2 is 1.57 bits per heavy atom. The highest BCUT2D eigenvalue weighted by Gasteiger charge is 2.16. The van der Waals surface area contributed by atoms with Gasteiger partial charge >= 0.3 is 0 Å². The summed E-state index contributed by atoms with van der Waals surface area (Å²) in [7, 11) is -3.41. The Labute approximate surface area is 129 Å². The van der Waals surface area contributed by atoms with Crippen LogP contribution in [0.2, 0.25) is 0 Å². The average molecular weight is 312 g/mol. The quantitative estimate of drug-likeness (QED) is 0.776. The van der Waals surface area contributed by atoms with Crippen LogP contribution in [0.1, 0.15) is 40.2 Å². The Hall–Kier alpha value is -0.910. The molecule has 1 aromatic carbocycles. The molecule has 0 fully saturated rings. The monoisotopic (exact) mass is 312 g/mol. The van der Waals surface area contributed by atoms with Gasteiger partial charge in [-0.2, -0.15) is 0 Å². The van der Waals surface area contributed by atoms with Gasteiger partial charge in [-0.15, -0.1) is 0 Å². The molecule has 0 saturated heterocycles. The van der Waals surface area contributed by atoms with Gasteiger partial charge in [-0.05, 0) is 29.5 Å². The lowest BCUT2D eigenvalue weighted by Crippen LogP contribution is -2.30. The Kier molecular flexibility index (Phi) is 6.84. The normalized spacial score (nSPS) is 13.9. The molecule has 4 nitrogen and oxygen atoms in total. The summed E-state index contributed by atoms with van der Waals surface area (Å²) in [6.45, 7) is 11.6. The first-order valence-corrected chi connectivity index (χ1v) is 9.02. The molecule has 2 N–H and O–H groups in total. The van der Waals surface area contributed by atoms with Crippen LogP contribution < -0.4 is 10.0 Å². The van der Waals surface area contributed by atoms with Crippen molar-refractivity contribution >= 4 is 10.0 Å². The Balaban J connectivity index is 2.67. The summed E-state index contributed by atoms with van der Waals surface area (Å²) < 4.78 is 27.1. The minimum Gasteiger partial charge on any atom is -0.310 e. The lowest BCUT2D eigenvalue weighted by atomic mass is 9.99. The van der Waals surface area contributed by atoms with Gasteiger partial charge in [0.2, 0.25) is 10.0 Å². The van der Waals surface area contributed by atoms with Gasteiger partial charge in [0.1, 0.15) is 0 Å². The van der Waals surface area contributed by atoms with E-state index in [0.717, 1.165) is 12.1 Å². The summed E-state index contributed by atoms with van der Waals surface area (Å²) in [6, 6.07) is 7.46. The molecule has 0 aliphatic carbocycles. The van der Waals surface area contributed by atoms with Crippen LogP contribution in [0.15, 0.2) is 29.2 Å². The molecule has 0 radical (unpaired) electrons. The summed E-state index contributed by atoms with van der Waals surface area (Å²) in [5.74, 6) is 0.770. The third-order valence-electron chi connectivity index (χ3n) is 3.68. The van der Waals surface area contributed by atoms with E-state index in [-0.39, 0.29) is 0 Å². The third kappa shape index (κ3) is 6.16. The lowest BCUT2D eigenvalue weighted by Gasteiger charge is -2.16. The van der Waals surface area contributed by atoms with Crippen molar-refractivity contribution in [3.63, 3.8) is 0 Å². The lowest BCUT2D eigenvalue weighted by molar-refractivity contribution is 0.414. The second kappa shape index (κ2) is 7.92. The molecular weight excluding hydrogens is 284 g/mol. The van der Waals surface area contributed by atoms with Gasteiger partial charge in [-0.1, -0.05) is 46.8 Å². The Morgan fingerprint density at radius 3 is 2.05 bits per heavy atom. The van der Waals surface area contributed by atoms with E-state index in [4.69, 9.17) is 0 Å². The number of rotatable bonds is 8. The largest absolute Gasteiger partial charge is 0.310 e. The minimum atomic E-state index is -3.41. The maximum absolute atomic E-state index is 12.2. The van der Waals surface area contributed by atoms with Crippen molar-refractivity contribution in [1.29, 1.82) is 0 Å². The molecule has 120 valence electrons. The van der Waals surface area contributed by atoms with Gasteiger partial charge in [-0.3, -0.25) is 0 Å². The first kappa shape index (κ1) is 18.1. The molecule has 0 heterocycles. The molecule has 1 unspecified atom stereocenters. The van der Waals surface area contributed by atoms with E-state index < -0.39 is 10.0 Å². The fourth-order valence-electron chi connectivity index (χ4n) is 1.67. The van der Waals surface area contributed by atoms with Crippen molar-refractivity contribution in [2.75, 3.05) is 6.54 Å². The SMILES string of the molecule is CC(C)NCc1ccc(S(=O)(=O)NCC(C)C(C)C)cc1. The van der Waals surface area contributed by atoms with Crippen LogP contribution in [0.5, 0.6) is 0 Å². The van der Waals surface area contributed by atoms with Crippen LogP contribution in [-0.2, 0) is 16.6 Å². The molecule has 1 atom stereocenters. The Bertz CT molecular complexity index is 522. The second-order valence-corrected chi connectivity index (χ2v) is 8.02. The number of hydrogen-bond acceptors (Lipinski definition) is 3. The zero-order chi connectivity index (χ0) is 16.0. The predicted octanol–water partition coefficient (Wildman–Crippen LogP) is 2.76. The van der Waals surface area contributed by atoms with E-state index in [0.29, 0.717) is 29.3 Å². The van der Waals surface area contributed by atoms with Crippen molar-refractivity contribution in [3.8, 4) is 0 Å². The summed E-state index contributed by atoms with van der Waals surface area (Å²) >= 11 is 0. The number of benzene rings is 1. The fourth-order valence-corrected chi connectivity index (χ4v) is 2.81. The topological polar surface area (TPSA) is 58.2 Å². The molecule has 0 saturated carbocycles. The molecular formula is C16H28N2O2S. The van der Waals surface area contributed by atoms with Crippen LogP contribution in [-0.4, -0.2) is 21.0 Å². The molecule has 0 aliphatic rings. The minimum absolute atomic E-state index is 0.314. The molecule has 5 heteroatoms. The zero-order valence-electron chi connectivity index (χ0n) is 13.7. The number of sulfonamides is 1. The fraction of sp³-hybridized carbons (Fsp3) is 0.625. The van der Waals surface area contributed by atoms with E-state index in [1.54, 1.807) is 12.1 Å². The molecule has 0 spiro atoms. The van der Waals surface area contributed by atoms with Gasteiger partial charge < -0.3 is 5.32 Å². The highest BCUT2D eigenvalue weighted by atomic mass is 32.2. The number of hydrogen-bond donors (Lipinski definition) is 2. The maximum atomic E-state index is 12.2. The van der Waals surface area contributed by atoms with Crippen molar-refractivity contribution in [1.82, 2.24) is 10.0 Å². The van der Waals surface area contributed by atoms with E-state index in [1.807, 2.05) is 19.1 Å². The molecule has 0 bridgehead atoms. The van der Waals surface area contributed by atoms with Gasteiger partial charge in [0.05, 0.1) is 4.90 Å². The summed E-state index contributed by atoms with van der Waals surface area (Å²) in [6.07, 6.45) is 0.